The molecule has 0 saturated heterocycles. The summed E-state index contributed by atoms with van der Waals surface area (Å²) in [5.41, 5.74) is 3.16. The summed E-state index contributed by atoms with van der Waals surface area (Å²) in [6, 6.07) is 5.97. The van der Waals surface area contributed by atoms with E-state index >= 15 is 0 Å². The molecule has 1 aromatic carbocycles. The second-order valence-electron chi connectivity index (χ2n) is 3.96. The zero-order valence-corrected chi connectivity index (χ0v) is 10.8. The zero-order valence-electron chi connectivity index (χ0n) is 10.0. The van der Waals surface area contributed by atoms with Gasteiger partial charge in [-0.25, -0.2) is 0 Å². The maximum atomic E-state index is 8.88. The van der Waals surface area contributed by atoms with E-state index in [1.807, 2.05) is 30.7 Å². The van der Waals surface area contributed by atoms with Gasteiger partial charge in [-0.15, -0.1) is 0 Å². The second-order valence-corrected chi connectivity index (χ2v) is 4.37. The van der Waals surface area contributed by atoms with E-state index in [9.17, 15) is 0 Å². The highest BCUT2D eigenvalue weighted by atomic mass is 35.5. The highest BCUT2D eigenvalue weighted by Gasteiger charge is 2.14. The van der Waals surface area contributed by atoms with Gasteiger partial charge >= 0.3 is 0 Å². The smallest absolute Gasteiger partial charge is 0.138 e. The van der Waals surface area contributed by atoms with Gasteiger partial charge in [-0.3, -0.25) is 0 Å². The number of nitriles is 1. The third-order valence-corrected chi connectivity index (χ3v) is 3.45. The van der Waals surface area contributed by atoms with Crippen LogP contribution in [0, 0.1) is 18.3 Å². The molecular formula is C13H13ClN2O. The van der Waals surface area contributed by atoms with Crippen LogP contribution in [0.3, 0.4) is 0 Å². The molecule has 0 N–H and O–H groups in total. The second kappa shape index (κ2) is 4.31. The Hall–Kier alpha value is -1.66. The minimum atomic E-state index is 0.397. The fourth-order valence-corrected chi connectivity index (χ4v) is 2.33. The molecule has 0 atom stereocenters. The lowest BCUT2D eigenvalue weighted by atomic mass is 10.1. The van der Waals surface area contributed by atoms with E-state index < -0.39 is 0 Å². The van der Waals surface area contributed by atoms with E-state index in [1.165, 1.54) is 0 Å². The van der Waals surface area contributed by atoms with Crippen LogP contribution in [0.1, 0.15) is 11.3 Å². The van der Waals surface area contributed by atoms with Crippen LogP contribution >= 0.6 is 11.6 Å². The monoisotopic (exact) mass is 248 g/mol. The number of halogens is 1. The van der Waals surface area contributed by atoms with Crippen LogP contribution in [0.25, 0.3) is 10.9 Å². The molecule has 0 spiro atoms. The van der Waals surface area contributed by atoms with Crippen molar-refractivity contribution in [2.45, 2.75) is 13.3 Å². The molecule has 1 aromatic heterocycles. The van der Waals surface area contributed by atoms with Gasteiger partial charge in [-0.05, 0) is 24.6 Å². The van der Waals surface area contributed by atoms with Crippen molar-refractivity contribution in [3.05, 3.63) is 28.4 Å². The molecule has 4 heteroatoms. The fraction of sp³-hybridized carbons (Fsp3) is 0.308. The maximum Gasteiger partial charge on any atom is 0.138 e. The lowest BCUT2D eigenvalue weighted by Crippen LogP contribution is -1.91. The van der Waals surface area contributed by atoms with Crippen LogP contribution in [0.15, 0.2) is 12.1 Å². The van der Waals surface area contributed by atoms with Crippen molar-refractivity contribution >= 4 is 22.5 Å². The maximum absolute atomic E-state index is 8.88. The van der Waals surface area contributed by atoms with Gasteiger partial charge < -0.3 is 9.30 Å². The summed E-state index contributed by atoms with van der Waals surface area (Å²) in [6.45, 7) is 2.01. The average Bonchev–Trinajstić information content (AvgIpc) is 2.54. The van der Waals surface area contributed by atoms with Crippen LogP contribution in [-0.4, -0.2) is 11.7 Å². The Bertz CT molecular complexity index is 623. The summed E-state index contributed by atoms with van der Waals surface area (Å²) in [7, 11) is 3.56. The Morgan fingerprint density at radius 2 is 2.18 bits per heavy atom. The first-order valence-corrected chi connectivity index (χ1v) is 5.66. The van der Waals surface area contributed by atoms with Gasteiger partial charge in [0.25, 0.3) is 0 Å². The van der Waals surface area contributed by atoms with E-state index in [0.717, 1.165) is 22.2 Å². The summed E-state index contributed by atoms with van der Waals surface area (Å²) >= 11 is 6.11. The Morgan fingerprint density at radius 1 is 1.47 bits per heavy atom. The van der Waals surface area contributed by atoms with Gasteiger partial charge in [0, 0.05) is 18.1 Å². The molecule has 0 aliphatic heterocycles. The fourth-order valence-electron chi connectivity index (χ4n) is 2.10. The van der Waals surface area contributed by atoms with Crippen molar-refractivity contribution in [2.75, 3.05) is 7.11 Å². The predicted octanol–water partition coefficient (Wildman–Crippen LogP) is 3.21. The summed E-state index contributed by atoms with van der Waals surface area (Å²) in [6.07, 6.45) is 0.397. The number of nitrogens with zero attached hydrogens (tertiary/aromatic N) is 2. The van der Waals surface area contributed by atoms with E-state index in [4.69, 9.17) is 21.6 Å². The minimum absolute atomic E-state index is 0.397. The molecule has 3 nitrogen and oxygen atoms in total. The van der Waals surface area contributed by atoms with Gasteiger partial charge in [0.15, 0.2) is 0 Å². The first-order valence-electron chi connectivity index (χ1n) is 5.28. The third-order valence-electron chi connectivity index (χ3n) is 3.15. The minimum Gasteiger partial charge on any atom is -0.495 e. The van der Waals surface area contributed by atoms with E-state index in [0.29, 0.717) is 17.2 Å². The first kappa shape index (κ1) is 11.8. The lowest BCUT2D eigenvalue weighted by molar-refractivity contribution is 0.415. The van der Waals surface area contributed by atoms with Crippen molar-refractivity contribution < 1.29 is 4.74 Å². The normalized spacial score (nSPS) is 10.5. The molecule has 0 bridgehead atoms. The predicted molar refractivity (Wildman–Crippen MR) is 68.5 cm³/mol. The van der Waals surface area contributed by atoms with Crippen molar-refractivity contribution in [3.63, 3.8) is 0 Å². The van der Waals surface area contributed by atoms with Gasteiger partial charge in [0.1, 0.15) is 5.75 Å². The Kier molecular flexibility index (Phi) is 2.99. The van der Waals surface area contributed by atoms with E-state index in [1.54, 1.807) is 7.11 Å². The van der Waals surface area contributed by atoms with Gasteiger partial charge in [0.2, 0.25) is 0 Å². The number of benzene rings is 1. The van der Waals surface area contributed by atoms with Crippen molar-refractivity contribution in [1.82, 2.24) is 4.57 Å². The lowest BCUT2D eigenvalue weighted by Gasteiger charge is -2.04. The number of hydrogen-bond donors (Lipinski definition) is 0. The third kappa shape index (κ3) is 1.75. The summed E-state index contributed by atoms with van der Waals surface area (Å²) < 4.78 is 7.26. The summed E-state index contributed by atoms with van der Waals surface area (Å²) in [5, 5.41) is 10.5. The quantitative estimate of drug-likeness (QED) is 0.819. The van der Waals surface area contributed by atoms with Crippen molar-refractivity contribution in [3.8, 4) is 11.8 Å². The number of rotatable bonds is 2. The average molecular weight is 249 g/mol. The molecule has 0 radical (unpaired) electrons. The topological polar surface area (TPSA) is 37.9 Å². The SMILES string of the molecule is COc1cc2c(CC#N)c(C)n(C)c2cc1Cl. The largest absolute Gasteiger partial charge is 0.495 e. The Labute approximate surface area is 105 Å². The summed E-state index contributed by atoms with van der Waals surface area (Å²) in [4.78, 5) is 0. The molecule has 0 saturated carbocycles. The molecule has 2 rings (SSSR count). The van der Waals surface area contributed by atoms with Crippen LogP contribution in [-0.2, 0) is 13.5 Å². The Balaban J connectivity index is 2.82. The van der Waals surface area contributed by atoms with Gasteiger partial charge in [-0.2, -0.15) is 5.26 Å². The van der Waals surface area contributed by atoms with Gasteiger partial charge in [-0.1, -0.05) is 11.6 Å². The van der Waals surface area contributed by atoms with Crippen molar-refractivity contribution in [1.29, 1.82) is 5.26 Å². The molecule has 0 unspecified atom stereocenters. The number of ether oxygens (including phenoxy) is 1. The van der Waals surface area contributed by atoms with Crippen LogP contribution in [0.4, 0.5) is 0 Å². The molecular weight excluding hydrogens is 236 g/mol. The molecule has 88 valence electrons. The van der Waals surface area contributed by atoms with Crippen LogP contribution < -0.4 is 4.74 Å². The molecule has 1 heterocycles. The Morgan fingerprint density at radius 3 is 2.76 bits per heavy atom. The molecule has 17 heavy (non-hydrogen) atoms. The van der Waals surface area contributed by atoms with E-state index in [2.05, 4.69) is 6.07 Å². The number of hydrogen-bond acceptors (Lipinski definition) is 2. The number of fused-ring (bicyclic) bond motifs is 1. The number of aryl methyl sites for hydroxylation is 1. The molecule has 0 aliphatic carbocycles. The molecule has 0 aliphatic rings. The highest BCUT2D eigenvalue weighted by molar-refractivity contribution is 6.32. The van der Waals surface area contributed by atoms with Crippen LogP contribution in [0.5, 0.6) is 5.75 Å². The molecule has 0 amide bonds. The molecule has 2 aromatic rings. The van der Waals surface area contributed by atoms with Crippen LogP contribution in [0.2, 0.25) is 5.02 Å². The van der Waals surface area contributed by atoms with E-state index in [-0.39, 0.29) is 0 Å². The van der Waals surface area contributed by atoms with Gasteiger partial charge in [0.05, 0.1) is 30.1 Å². The summed E-state index contributed by atoms with van der Waals surface area (Å²) in [5.74, 6) is 0.643. The number of aromatic nitrogens is 1. The first-order chi connectivity index (χ1) is 8.10. The molecule has 0 fully saturated rings. The highest BCUT2D eigenvalue weighted by Crippen LogP contribution is 2.34. The van der Waals surface area contributed by atoms with Crippen molar-refractivity contribution in [2.24, 2.45) is 7.05 Å². The zero-order chi connectivity index (χ0) is 12.6. The number of methoxy groups -OCH3 is 1. The standard InChI is InChI=1S/C13H13ClN2O/c1-8-9(4-5-15)10-6-13(17-3)11(14)7-12(10)16(8)2/h6-7H,4H2,1-3H3.